The van der Waals surface area contributed by atoms with Crippen LogP contribution in [0, 0.1) is 19.8 Å². The highest BCUT2D eigenvalue weighted by Gasteiger charge is 2.31. The average molecular weight is 275 g/mol. The summed E-state index contributed by atoms with van der Waals surface area (Å²) in [7, 11) is 0. The summed E-state index contributed by atoms with van der Waals surface area (Å²) in [5.41, 5.74) is 4.22. The fraction of sp³-hybridized carbons (Fsp3) is 0.667. The van der Waals surface area contributed by atoms with E-state index in [2.05, 4.69) is 51.2 Å². The maximum absolute atomic E-state index is 5.77. The van der Waals surface area contributed by atoms with Crippen LogP contribution in [0.5, 0.6) is 0 Å². The molecule has 1 aliphatic heterocycles. The Balaban J connectivity index is 2.08. The highest BCUT2D eigenvalue weighted by Crippen LogP contribution is 2.26. The van der Waals surface area contributed by atoms with Crippen LogP contribution in [-0.4, -0.2) is 25.3 Å². The molecule has 1 aliphatic rings. The molecule has 20 heavy (non-hydrogen) atoms. The standard InChI is InChI=1S/C18H29NO/c1-5-9-19-18(17-8-10-20-15(17)4)12-16-7-6-13(2)14(3)11-16/h6-7,11,15,17-19H,5,8-10,12H2,1-4H3. The molecule has 0 radical (unpaired) electrons. The fourth-order valence-electron chi connectivity index (χ4n) is 3.17. The zero-order valence-electron chi connectivity index (χ0n) is 13.4. The van der Waals surface area contributed by atoms with Crippen LogP contribution in [0.3, 0.4) is 0 Å². The molecule has 0 amide bonds. The van der Waals surface area contributed by atoms with E-state index in [0.29, 0.717) is 18.1 Å². The van der Waals surface area contributed by atoms with Gasteiger partial charge in [-0.25, -0.2) is 0 Å². The van der Waals surface area contributed by atoms with Crippen LogP contribution >= 0.6 is 0 Å². The van der Waals surface area contributed by atoms with Gasteiger partial charge in [-0.05, 0) is 63.3 Å². The van der Waals surface area contributed by atoms with Gasteiger partial charge in [-0.2, -0.15) is 0 Å². The van der Waals surface area contributed by atoms with Gasteiger partial charge in [0.25, 0.3) is 0 Å². The van der Waals surface area contributed by atoms with Gasteiger partial charge < -0.3 is 10.1 Å². The molecule has 3 atom stereocenters. The van der Waals surface area contributed by atoms with E-state index in [0.717, 1.165) is 19.6 Å². The molecule has 0 aliphatic carbocycles. The van der Waals surface area contributed by atoms with Crippen molar-refractivity contribution in [3.63, 3.8) is 0 Å². The van der Waals surface area contributed by atoms with Crippen molar-refractivity contribution >= 4 is 0 Å². The van der Waals surface area contributed by atoms with Gasteiger partial charge in [-0.1, -0.05) is 25.1 Å². The molecule has 1 heterocycles. The third-order valence-corrected chi connectivity index (χ3v) is 4.64. The van der Waals surface area contributed by atoms with Crippen LogP contribution in [0.15, 0.2) is 18.2 Å². The van der Waals surface area contributed by atoms with Gasteiger partial charge in [0.15, 0.2) is 0 Å². The van der Waals surface area contributed by atoms with E-state index >= 15 is 0 Å². The molecule has 1 saturated heterocycles. The van der Waals surface area contributed by atoms with Crippen molar-refractivity contribution in [3.05, 3.63) is 34.9 Å². The van der Waals surface area contributed by atoms with Gasteiger partial charge in [-0.15, -0.1) is 0 Å². The van der Waals surface area contributed by atoms with E-state index in [1.54, 1.807) is 0 Å². The molecule has 3 unspecified atom stereocenters. The predicted octanol–water partition coefficient (Wildman–Crippen LogP) is 3.64. The van der Waals surface area contributed by atoms with Crippen molar-refractivity contribution in [3.8, 4) is 0 Å². The second kappa shape index (κ2) is 7.24. The summed E-state index contributed by atoms with van der Waals surface area (Å²) in [5, 5.41) is 3.74. The van der Waals surface area contributed by atoms with Gasteiger partial charge in [-0.3, -0.25) is 0 Å². The summed E-state index contributed by atoms with van der Waals surface area (Å²) in [6.45, 7) is 10.8. The van der Waals surface area contributed by atoms with Gasteiger partial charge >= 0.3 is 0 Å². The molecular weight excluding hydrogens is 246 g/mol. The first kappa shape index (κ1) is 15.5. The second-order valence-electron chi connectivity index (χ2n) is 6.21. The molecule has 2 nitrogen and oxygen atoms in total. The first-order chi connectivity index (χ1) is 9.61. The molecule has 0 aromatic heterocycles. The lowest BCUT2D eigenvalue weighted by atomic mass is 9.88. The Hall–Kier alpha value is -0.860. The number of hydrogen-bond acceptors (Lipinski definition) is 2. The van der Waals surface area contributed by atoms with E-state index in [9.17, 15) is 0 Å². The average Bonchev–Trinajstić information content (AvgIpc) is 2.85. The number of nitrogens with one attached hydrogen (secondary N) is 1. The van der Waals surface area contributed by atoms with Crippen LogP contribution in [0.25, 0.3) is 0 Å². The predicted molar refractivity (Wildman–Crippen MR) is 85.2 cm³/mol. The Morgan fingerprint density at radius 1 is 1.30 bits per heavy atom. The van der Waals surface area contributed by atoms with Crippen LogP contribution in [0.4, 0.5) is 0 Å². The molecule has 0 saturated carbocycles. The summed E-state index contributed by atoms with van der Waals surface area (Å²) in [5.74, 6) is 0.642. The minimum atomic E-state index is 0.385. The number of ether oxygens (including phenoxy) is 1. The molecule has 1 aromatic rings. The van der Waals surface area contributed by atoms with E-state index in [-0.39, 0.29) is 0 Å². The third kappa shape index (κ3) is 3.83. The lowest BCUT2D eigenvalue weighted by Crippen LogP contribution is -2.41. The highest BCUT2D eigenvalue weighted by atomic mass is 16.5. The van der Waals surface area contributed by atoms with Gasteiger partial charge in [0, 0.05) is 18.6 Å². The maximum Gasteiger partial charge on any atom is 0.0590 e. The fourth-order valence-corrected chi connectivity index (χ4v) is 3.17. The molecule has 0 spiro atoms. The van der Waals surface area contributed by atoms with Crippen molar-refractivity contribution in [2.45, 2.75) is 59.1 Å². The quantitative estimate of drug-likeness (QED) is 0.856. The molecule has 1 N–H and O–H groups in total. The van der Waals surface area contributed by atoms with Crippen molar-refractivity contribution in [2.24, 2.45) is 5.92 Å². The number of benzene rings is 1. The normalized spacial score (nSPS) is 24.0. The summed E-state index contributed by atoms with van der Waals surface area (Å²) < 4.78 is 5.77. The van der Waals surface area contributed by atoms with Crippen LogP contribution < -0.4 is 5.32 Å². The molecule has 2 heteroatoms. The van der Waals surface area contributed by atoms with Crippen LogP contribution in [0.1, 0.15) is 43.4 Å². The van der Waals surface area contributed by atoms with Crippen LogP contribution in [0.2, 0.25) is 0 Å². The largest absolute Gasteiger partial charge is 0.378 e. The highest BCUT2D eigenvalue weighted by molar-refractivity contribution is 5.30. The molecule has 112 valence electrons. The second-order valence-corrected chi connectivity index (χ2v) is 6.21. The van der Waals surface area contributed by atoms with Gasteiger partial charge in [0.05, 0.1) is 6.10 Å². The minimum absolute atomic E-state index is 0.385. The summed E-state index contributed by atoms with van der Waals surface area (Å²) in [6, 6.07) is 7.41. The van der Waals surface area contributed by atoms with Crippen molar-refractivity contribution in [1.82, 2.24) is 5.32 Å². The Morgan fingerprint density at radius 3 is 2.70 bits per heavy atom. The van der Waals surface area contributed by atoms with E-state index in [4.69, 9.17) is 4.74 Å². The maximum atomic E-state index is 5.77. The topological polar surface area (TPSA) is 21.3 Å². The Labute approximate surface area is 123 Å². The lowest BCUT2D eigenvalue weighted by molar-refractivity contribution is 0.0954. The molecular formula is C18H29NO. The summed E-state index contributed by atoms with van der Waals surface area (Å²) >= 11 is 0. The number of hydrogen-bond donors (Lipinski definition) is 1. The van der Waals surface area contributed by atoms with Crippen molar-refractivity contribution in [1.29, 1.82) is 0 Å². The van der Waals surface area contributed by atoms with E-state index in [1.165, 1.54) is 29.5 Å². The minimum Gasteiger partial charge on any atom is -0.378 e. The Kier molecular flexibility index (Phi) is 5.62. The first-order valence-electron chi connectivity index (χ1n) is 8.03. The Bertz CT molecular complexity index is 429. The smallest absolute Gasteiger partial charge is 0.0590 e. The molecule has 1 fully saturated rings. The number of aryl methyl sites for hydroxylation is 2. The van der Waals surface area contributed by atoms with Gasteiger partial charge in [0.1, 0.15) is 0 Å². The van der Waals surface area contributed by atoms with Gasteiger partial charge in [0.2, 0.25) is 0 Å². The number of rotatable bonds is 6. The zero-order valence-corrected chi connectivity index (χ0v) is 13.4. The molecule has 1 aromatic carbocycles. The molecule has 0 bridgehead atoms. The zero-order chi connectivity index (χ0) is 14.5. The first-order valence-corrected chi connectivity index (χ1v) is 8.03. The van der Waals surface area contributed by atoms with E-state index in [1.807, 2.05) is 0 Å². The molecule has 2 rings (SSSR count). The monoisotopic (exact) mass is 275 g/mol. The summed E-state index contributed by atoms with van der Waals surface area (Å²) in [4.78, 5) is 0. The lowest BCUT2D eigenvalue weighted by Gasteiger charge is -2.27. The van der Waals surface area contributed by atoms with Crippen molar-refractivity contribution < 1.29 is 4.74 Å². The SMILES string of the molecule is CCCNC(Cc1ccc(C)c(C)c1)C1CCOC1C. The summed E-state index contributed by atoms with van der Waals surface area (Å²) in [6.07, 6.45) is 3.87. The third-order valence-electron chi connectivity index (χ3n) is 4.64. The van der Waals surface area contributed by atoms with E-state index < -0.39 is 0 Å². The van der Waals surface area contributed by atoms with Crippen molar-refractivity contribution in [2.75, 3.05) is 13.2 Å². The van der Waals surface area contributed by atoms with Crippen LogP contribution in [-0.2, 0) is 11.2 Å². The Morgan fingerprint density at radius 2 is 2.10 bits per heavy atom.